The second-order valence-corrected chi connectivity index (χ2v) is 4.72. The van der Waals surface area contributed by atoms with Crippen molar-refractivity contribution in [1.82, 2.24) is 14.5 Å². The number of nitrogens with zero attached hydrogens (tertiary/aromatic N) is 3. The van der Waals surface area contributed by atoms with Crippen LogP contribution in [0.3, 0.4) is 0 Å². The maximum atomic E-state index is 4.52. The molecule has 0 saturated carbocycles. The third-order valence-corrected chi connectivity index (χ3v) is 3.14. The molecule has 0 aliphatic carbocycles. The number of aromatic nitrogens is 3. The molecule has 0 spiro atoms. The Balaban J connectivity index is 2.09. The van der Waals surface area contributed by atoms with Crippen molar-refractivity contribution in [3.63, 3.8) is 0 Å². The van der Waals surface area contributed by atoms with Crippen molar-refractivity contribution >= 4 is 5.95 Å². The molecule has 0 atom stereocenters. The molecule has 0 fully saturated rings. The van der Waals surface area contributed by atoms with Crippen LogP contribution in [0.4, 0.5) is 5.95 Å². The number of hydrogen-bond acceptors (Lipinski definition) is 3. The molecule has 0 aliphatic heterocycles. The van der Waals surface area contributed by atoms with Crippen LogP contribution in [0.1, 0.15) is 37.2 Å². The van der Waals surface area contributed by atoms with Gasteiger partial charge in [0.05, 0.1) is 17.9 Å². The molecule has 0 saturated heterocycles. The zero-order valence-electron chi connectivity index (χ0n) is 12.0. The first kappa shape index (κ1) is 13.6. The van der Waals surface area contributed by atoms with Gasteiger partial charge >= 0.3 is 0 Å². The monoisotopic (exact) mass is 258 g/mol. The maximum Gasteiger partial charge on any atom is 0.203 e. The summed E-state index contributed by atoms with van der Waals surface area (Å²) in [6.45, 7) is 8.07. The van der Waals surface area contributed by atoms with Crippen molar-refractivity contribution in [2.24, 2.45) is 0 Å². The Morgan fingerprint density at radius 2 is 2.16 bits per heavy atom. The third kappa shape index (κ3) is 3.34. The van der Waals surface area contributed by atoms with Crippen molar-refractivity contribution < 1.29 is 0 Å². The minimum Gasteiger partial charge on any atom is -0.350 e. The van der Waals surface area contributed by atoms with Crippen molar-refractivity contribution in [2.75, 3.05) is 5.32 Å². The summed E-state index contributed by atoms with van der Waals surface area (Å²) >= 11 is 0. The number of hydrogen-bond donors (Lipinski definition) is 1. The Bertz CT molecular complexity index is 531. The number of nitrogens with one attached hydrogen (secondary N) is 1. The van der Waals surface area contributed by atoms with Gasteiger partial charge in [0.15, 0.2) is 0 Å². The van der Waals surface area contributed by atoms with Gasteiger partial charge in [-0.1, -0.05) is 19.9 Å². The first-order chi connectivity index (χ1) is 9.24. The number of rotatable bonds is 6. The van der Waals surface area contributed by atoms with Crippen LogP contribution in [0.2, 0.25) is 0 Å². The first-order valence-electron chi connectivity index (χ1n) is 6.95. The lowest BCUT2D eigenvalue weighted by molar-refractivity contribution is 0.681. The Hall–Kier alpha value is -1.84. The molecular formula is C15H22N4. The second kappa shape index (κ2) is 6.36. The summed E-state index contributed by atoms with van der Waals surface area (Å²) in [4.78, 5) is 8.97. The SMILES string of the molecule is CCCn1cc(C)nc1NCc1ncccc1CC. The highest BCUT2D eigenvalue weighted by Crippen LogP contribution is 2.12. The molecule has 2 heterocycles. The van der Waals surface area contributed by atoms with Gasteiger partial charge in [-0.15, -0.1) is 0 Å². The molecule has 0 aliphatic rings. The highest BCUT2D eigenvalue weighted by atomic mass is 15.2. The second-order valence-electron chi connectivity index (χ2n) is 4.72. The van der Waals surface area contributed by atoms with E-state index in [1.54, 1.807) is 0 Å². The van der Waals surface area contributed by atoms with Crippen LogP contribution in [0.25, 0.3) is 0 Å². The molecule has 0 bridgehead atoms. The van der Waals surface area contributed by atoms with Gasteiger partial charge in [0.2, 0.25) is 5.95 Å². The largest absolute Gasteiger partial charge is 0.350 e. The molecule has 2 aromatic heterocycles. The summed E-state index contributed by atoms with van der Waals surface area (Å²) in [6.07, 6.45) is 6.05. The minimum absolute atomic E-state index is 0.726. The smallest absolute Gasteiger partial charge is 0.203 e. The van der Waals surface area contributed by atoms with Crippen LogP contribution in [-0.4, -0.2) is 14.5 Å². The van der Waals surface area contributed by atoms with Crippen LogP contribution in [0.15, 0.2) is 24.5 Å². The fourth-order valence-corrected chi connectivity index (χ4v) is 2.21. The normalized spacial score (nSPS) is 10.7. The molecule has 19 heavy (non-hydrogen) atoms. The molecule has 0 amide bonds. The lowest BCUT2D eigenvalue weighted by Crippen LogP contribution is -2.09. The van der Waals surface area contributed by atoms with Gasteiger partial charge in [-0.25, -0.2) is 4.98 Å². The lowest BCUT2D eigenvalue weighted by atomic mass is 10.1. The number of anilines is 1. The van der Waals surface area contributed by atoms with E-state index in [-0.39, 0.29) is 0 Å². The van der Waals surface area contributed by atoms with Crippen LogP contribution >= 0.6 is 0 Å². The fourth-order valence-electron chi connectivity index (χ4n) is 2.21. The predicted octanol–water partition coefficient (Wildman–Crippen LogP) is 3.17. The topological polar surface area (TPSA) is 42.7 Å². The standard InChI is InChI=1S/C15H22N4/c1-4-9-19-11-12(3)18-15(19)17-10-14-13(5-2)7-6-8-16-14/h6-8,11H,4-5,9-10H2,1-3H3,(H,17,18). The lowest BCUT2D eigenvalue weighted by Gasteiger charge is -2.10. The van der Waals surface area contributed by atoms with E-state index in [0.717, 1.165) is 43.3 Å². The van der Waals surface area contributed by atoms with E-state index in [1.807, 2.05) is 19.2 Å². The third-order valence-electron chi connectivity index (χ3n) is 3.14. The van der Waals surface area contributed by atoms with Gasteiger partial charge in [-0.05, 0) is 31.4 Å². The van der Waals surface area contributed by atoms with Crippen molar-refractivity contribution in [1.29, 1.82) is 0 Å². The van der Waals surface area contributed by atoms with Gasteiger partial charge in [-0.2, -0.15) is 0 Å². The number of pyridine rings is 1. The Morgan fingerprint density at radius 1 is 1.32 bits per heavy atom. The van der Waals surface area contributed by atoms with Gasteiger partial charge in [0.25, 0.3) is 0 Å². The molecule has 4 heteroatoms. The summed E-state index contributed by atoms with van der Waals surface area (Å²) in [5, 5.41) is 3.40. The molecule has 0 radical (unpaired) electrons. The zero-order chi connectivity index (χ0) is 13.7. The molecule has 0 aromatic carbocycles. The van der Waals surface area contributed by atoms with Crippen molar-refractivity contribution in [3.05, 3.63) is 41.5 Å². The first-order valence-corrected chi connectivity index (χ1v) is 6.95. The van der Waals surface area contributed by atoms with E-state index in [2.05, 4.69) is 46.0 Å². The Kier molecular flexibility index (Phi) is 4.55. The van der Waals surface area contributed by atoms with Crippen LogP contribution in [0, 0.1) is 6.92 Å². The molecule has 2 aromatic rings. The van der Waals surface area contributed by atoms with Gasteiger partial charge in [0, 0.05) is 18.9 Å². The fraction of sp³-hybridized carbons (Fsp3) is 0.467. The van der Waals surface area contributed by atoms with Gasteiger partial charge in [0.1, 0.15) is 0 Å². The molecule has 0 unspecified atom stereocenters. The molecular weight excluding hydrogens is 236 g/mol. The summed E-state index contributed by atoms with van der Waals surface area (Å²) in [5.74, 6) is 0.937. The summed E-state index contributed by atoms with van der Waals surface area (Å²) in [7, 11) is 0. The average molecular weight is 258 g/mol. The predicted molar refractivity (Wildman–Crippen MR) is 78.2 cm³/mol. The Labute approximate surface area is 114 Å². The quantitative estimate of drug-likeness (QED) is 0.865. The summed E-state index contributed by atoms with van der Waals surface area (Å²) in [5.41, 5.74) is 3.45. The van der Waals surface area contributed by atoms with Crippen LogP contribution < -0.4 is 5.32 Å². The summed E-state index contributed by atoms with van der Waals surface area (Å²) in [6, 6.07) is 4.12. The van der Waals surface area contributed by atoms with E-state index < -0.39 is 0 Å². The van der Waals surface area contributed by atoms with Crippen molar-refractivity contribution in [3.8, 4) is 0 Å². The van der Waals surface area contributed by atoms with Crippen molar-refractivity contribution in [2.45, 2.75) is 46.7 Å². The minimum atomic E-state index is 0.726. The van der Waals surface area contributed by atoms with E-state index in [9.17, 15) is 0 Å². The highest BCUT2D eigenvalue weighted by molar-refractivity contribution is 5.31. The van der Waals surface area contributed by atoms with Crippen LogP contribution in [0.5, 0.6) is 0 Å². The average Bonchev–Trinajstić information content (AvgIpc) is 2.77. The molecule has 102 valence electrons. The molecule has 1 N–H and O–H groups in total. The highest BCUT2D eigenvalue weighted by Gasteiger charge is 2.06. The number of imidazole rings is 1. The molecule has 2 rings (SSSR count). The van der Waals surface area contributed by atoms with E-state index in [1.165, 1.54) is 5.56 Å². The summed E-state index contributed by atoms with van der Waals surface area (Å²) < 4.78 is 2.17. The van der Waals surface area contributed by atoms with Crippen LogP contribution in [-0.2, 0) is 19.5 Å². The Morgan fingerprint density at radius 3 is 2.89 bits per heavy atom. The van der Waals surface area contributed by atoms with E-state index >= 15 is 0 Å². The number of aryl methyl sites for hydroxylation is 3. The van der Waals surface area contributed by atoms with E-state index in [4.69, 9.17) is 0 Å². The maximum absolute atomic E-state index is 4.52. The van der Waals surface area contributed by atoms with Gasteiger partial charge in [-0.3, -0.25) is 4.98 Å². The molecule has 4 nitrogen and oxygen atoms in total. The van der Waals surface area contributed by atoms with E-state index in [0.29, 0.717) is 0 Å². The zero-order valence-corrected chi connectivity index (χ0v) is 12.0. The van der Waals surface area contributed by atoms with Gasteiger partial charge < -0.3 is 9.88 Å².